The van der Waals surface area contributed by atoms with Gasteiger partial charge in [0.25, 0.3) is 17.5 Å². The monoisotopic (exact) mass is 385 g/mol. The molecule has 0 unspecified atom stereocenters. The van der Waals surface area contributed by atoms with Crippen LogP contribution in [-0.2, 0) is 9.59 Å². The van der Waals surface area contributed by atoms with Gasteiger partial charge in [-0.3, -0.25) is 19.7 Å². The summed E-state index contributed by atoms with van der Waals surface area (Å²) in [5.74, 6) is -1.01. The van der Waals surface area contributed by atoms with Crippen LogP contribution in [0.3, 0.4) is 0 Å². The van der Waals surface area contributed by atoms with Crippen LogP contribution < -0.4 is 10.0 Å². The summed E-state index contributed by atoms with van der Waals surface area (Å²) in [4.78, 5) is 36.9. The fourth-order valence-electron chi connectivity index (χ4n) is 3.12. The highest BCUT2D eigenvalue weighted by molar-refractivity contribution is 6.38. The zero-order valence-electron chi connectivity index (χ0n) is 15.1. The van der Waals surface area contributed by atoms with Crippen molar-refractivity contribution in [2.24, 2.45) is 0 Å². The summed E-state index contributed by atoms with van der Waals surface area (Å²) < 4.78 is 0. The molecule has 7 heteroatoms. The van der Waals surface area contributed by atoms with E-state index in [0.29, 0.717) is 16.9 Å². The Labute approximate surface area is 166 Å². The van der Waals surface area contributed by atoms with Crippen LogP contribution in [0.25, 0.3) is 6.08 Å². The Kier molecular flexibility index (Phi) is 4.62. The first-order chi connectivity index (χ1) is 14.1. The molecule has 2 amide bonds. The highest BCUT2D eigenvalue weighted by Gasteiger charge is 2.42. The number of para-hydroxylation sites is 2. The molecule has 29 heavy (non-hydrogen) atoms. The minimum absolute atomic E-state index is 0.0711. The maximum Gasteiger partial charge on any atom is 0.283 e. The summed E-state index contributed by atoms with van der Waals surface area (Å²) in [7, 11) is 0. The standard InChI is InChI=1S/C22H15N3O4/c26-21-20(15-16-8-7-13-19(14-16)25(28)29)22(27)24(18-11-5-2-6-12-18)23(21)17-9-3-1-4-10-17/h1-15H. The van der Waals surface area contributed by atoms with Crippen LogP contribution in [0.2, 0.25) is 0 Å². The number of carbonyl (C=O) groups excluding carboxylic acids is 2. The number of anilines is 2. The van der Waals surface area contributed by atoms with Gasteiger partial charge in [0.1, 0.15) is 5.57 Å². The third kappa shape index (κ3) is 3.37. The van der Waals surface area contributed by atoms with Crippen molar-refractivity contribution in [2.45, 2.75) is 0 Å². The SMILES string of the molecule is O=C1C(=Cc2cccc([N+](=O)[O-])c2)C(=O)N(c2ccccc2)N1c1ccccc1. The van der Waals surface area contributed by atoms with Gasteiger partial charge >= 0.3 is 0 Å². The summed E-state index contributed by atoms with van der Waals surface area (Å²) in [6, 6.07) is 23.5. The number of hydrogen-bond donors (Lipinski definition) is 0. The van der Waals surface area contributed by atoms with Gasteiger partial charge < -0.3 is 0 Å². The molecule has 3 aromatic carbocycles. The summed E-state index contributed by atoms with van der Waals surface area (Å²) in [5, 5.41) is 13.6. The van der Waals surface area contributed by atoms with Crippen molar-refractivity contribution in [1.29, 1.82) is 0 Å². The van der Waals surface area contributed by atoms with Crippen LogP contribution in [0.4, 0.5) is 17.1 Å². The second-order valence-electron chi connectivity index (χ2n) is 6.32. The van der Waals surface area contributed by atoms with Crippen molar-refractivity contribution in [2.75, 3.05) is 10.0 Å². The van der Waals surface area contributed by atoms with Gasteiger partial charge in [-0.25, -0.2) is 10.0 Å². The zero-order valence-corrected chi connectivity index (χ0v) is 15.1. The van der Waals surface area contributed by atoms with Crippen LogP contribution in [0.15, 0.2) is 90.5 Å². The van der Waals surface area contributed by atoms with Crippen molar-refractivity contribution in [1.82, 2.24) is 0 Å². The number of nitrogens with zero attached hydrogens (tertiary/aromatic N) is 3. The molecule has 4 rings (SSSR count). The van der Waals surface area contributed by atoms with Crippen molar-refractivity contribution in [3.05, 3.63) is 106 Å². The summed E-state index contributed by atoms with van der Waals surface area (Å²) in [6.07, 6.45) is 1.39. The highest BCUT2D eigenvalue weighted by Crippen LogP contribution is 2.32. The number of hydrogen-bond acceptors (Lipinski definition) is 4. The smallest absolute Gasteiger partial charge is 0.267 e. The maximum atomic E-state index is 13.2. The normalized spacial score (nSPS) is 13.7. The zero-order chi connectivity index (χ0) is 20.4. The molecule has 0 atom stereocenters. The van der Waals surface area contributed by atoms with E-state index < -0.39 is 16.7 Å². The Morgan fingerprint density at radius 2 is 1.24 bits per heavy atom. The second-order valence-corrected chi connectivity index (χ2v) is 6.32. The molecule has 0 radical (unpaired) electrons. The fourth-order valence-corrected chi connectivity index (χ4v) is 3.12. The quantitative estimate of drug-likeness (QED) is 0.294. The molecular weight excluding hydrogens is 370 g/mol. The predicted molar refractivity (Wildman–Crippen MR) is 109 cm³/mol. The molecule has 1 fully saturated rings. The lowest BCUT2D eigenvalue weighted by atomic mass is 10.1. The van der Waals surface area contributed by atoms with E-state index in [4.69, 9.17) is 0 Å². The van der Waals surface area contributed by atoms with E-state index in [1.54, 1.807) is 54.6 Å². The number of nitro benzene ring substituents is 1. The number of rotatable bonds is 4. The van der Waals surface area contributed by atoms with Gasteiger partial charge in [0, 0.05) is 12.1 Å². The third-order valence-corrected chi connectivity index (χ3v) is 4.44. The lowest BCUT2D eigenvalue weighted by Gasteiger charge is -2.27. The second kappa shape index (κ2) is 7.40. The largest absolute Gasteiger partial charge is 0.283 e. The van der Waals surface area contributed by atoms with Crippen LogP contribution in [0.1, 0.15) is 5.56 Å². The summed E-state index contributed by atoms with van der Waals surface area (Å²) in [5.41, 5.74) is 1.29. The van der Waals surface area contributed by atoms with Gasteiger partial charge in [0.05, 0.1) is 16.3 Å². The number of amides is 2. The lowest BCUT2D eigenvalue weighted by molar-refractivity contribution is -0.384. The maximum absolute atomic E-state index is 13.2. The van der Waals surface area contributed by atoms with E-state index in [0.717, 1.165) is 0 Å². The van der Waals surface area contributed by atoms with Gasteiger partial charge in [0.2, 0.25) is 0 Å². The number of hydrazine groups is 1. The molecule has 7 nitrogen and oxygen atoms in total. The molecule has 0 spiro atoms. The minimum Gasteiger partial charge on any atom is -0.267 e. The molecule has 0 saturated carbocycles. The van der Waals surface area contributed by atoms with Crippen LogP contribution in [-0.4, -0.2) is 16.7 Å². The molecule has 142 valence electrons. The summed E-state index contributed by atoms with van der Waals surface area (Å²) >= 11 is 0. The molecule has 0 bridgehead atoms. The average Bonchev–Trinajstić information content (AvgIpc) is 3.00. The first kappa shape index (κ1) is 18.1. The Bertz CT molecular complexity index is 1070. The Balaban J connectivity index is 1.83. The Hall–Kier alpha value is -4.26. The molecular formula is C22H15N3O4. The van der Waals surface area contributed by atoms with Crippen molar-refractivity contribution >= 4 is 35.0 Å². The first-order valence-electron chi connectivity index (χ1n) is 8.81. The minimum atomic E-state index is -0.521. The number of nitro groups is 1. The first-order valence-corrected chi connectivity index (χ1v) is 8.81. The summed E-state index contributed by atoms with van der Waals surface area (Å²) in [6.45, 7) is 0. The number of non-ortho nitro benzene ring substituents is 1. The molecule has 3 aromatic rings. The van der Waals surface area contributed by atoms with Gasteiger partial charge in [-0.2, -0.15) is 0 Å². The van der Waals surface area contributed by atoms with E-state index >= 15 is 0 Å². The predicted octanol–water partition coefficient (Wildman–Crippen LogP) is 3.97. The topological polar surface area (TPSA) is 83.8 Å². The van der Waals surface area contributed by atoms with Gasteiger partial charge in [-0.05, 0) is 35.9 Å². The fraction of sp³-hybridized carbons (Fsp3) is 0. The van der Waals surface area contributed by atoms with Crippen LogP contribution in [0.5, 0.6) is 0 Å². The molecule has 1 heterocycles. The highest BCUT2D eigenvalue weighted by atomic mass is 16.6. The Morgan fingerprint density at radius 3 is 1.72 bits per heavy atom. The lowest BCUT2D eigenvalue weighted by Crippen LogP contribution is -2.41. The van der Waals surface area contributed by atoms with E-state index in [1.807, 2.05) is 12.1 Å². The molecule has 0 aliphatic carbocycles. The van der Waals surface area contributed by atoms with E-state index in [-0.39, 0.29) is 11.3 Å². The van der Waals surface area contributed by atoms with Crippen LogP contribution >= 0.6 is 0 Å². The van der Waals surface area contributed by atoms with Crippen molar-refractivity contribution in [3.63, 3.8) is 0 Å². The molecule has 1 aliphatic rings. The third-order valence-electron chi connectivity index (χ3n) is 4.44. The number of carbonyl (C=O) groups is 2. The van der Waals surface area contributed by atoms with Gasteiger partial charge in [0.15, 0.2) is 0 Å². The molecule has 1 aliphatic heterocycles. The van der Waals surface area contributed by atoms with Gasteiger partial charge in [-0.1, -0.05) is 48.5 Å². The van der Waals surface area contributed by atoms with E-state index in [9.17, 15) is 19.7 Å². The molecule has 0 N–H and O–H groups in total. The van der Waals surface area contributed by atoms with Crippen LogP contribution in [0, 0.1) is 10.1 Å². The number of benzene rings is 3. The average molecular weight is 385 g/mol. The molecule has 0 aromatic heterocycles. The van der Waals surface area contributed by atoms with E-state index in [1.165, 1.54) is 34.3 Å². The Morgan fingerprint density at radius 1 is 0.724 bits per heavy atom. The van der Waals surface area contributed by atoms with Gasteiger partial charge in [-0.15, -0.1) is 0 Å². The van der Waals surface area contributed by atoms with E-state index in [2.05, 4.69) is 0 Å². The molecule has 1 saturated heterocycles. The van der Waals surface area contributed by atoms with Crippen molar-refractivity contribution < 1.29 is 14.5 Å². The van der Waals surface area contributed by atoms with Crippen molar-refractivity contribution in [3.8, 4) is 0 Å².